The van der Waals surface area contributed by atoms with Gasteiger partial charge in [-0.3, -0.25) is 0 Å². The summed E-state index contributed by atoms with van der Waals surface area (Å²) in [7, 11) is 0. The third-order valence-corrected chi connectivity index (χ3v) is 3.75. The number of nitrogens with zero attached hydrogens (tertiary/aromatic N) is 2. The average Bonchev–Trinajstić information content (AvgIpc) is 2.62. The first-order chi connectivity index (χ1) is 11.7. The van der Waals surface area contributed by atoms with Crippen LogP contribution in [0.2, 0.25) is 0 Å². The zero-order valence-corrected chi connectivity index (χ0v) is 12.9. The second-order valence-corrected chi connectivity index (χ2v) is 5.37. The Hall–Kier alpha value is -2.78. The summed E-state index contributed by atoms with van der Waals surface area (Å²) in [6.45, 7) is 1.43. The van der Waals surface area contributed by atoms with Gasteiger partial charge in [0.05, 0.1) is 17.3 Å². The maximum absolute atomic E-state index is 13.9. The quantitative estimate of drug-likeness (QED) is 0.937. The maximum Gasteiger partial charge on any atom is 0.251 e. The maximum atomic E-state index is 13.9. The summed E-state index contributed by atoms with van der Waals surface area (Å²) >= 11 is 0. The SMILES string of the molecule is N#Cc1ccc(COc2nc(C3=CCNCC3)ccc2F)c(F)c1. The fraction of sp³-hybridized carbons (Fsp3) is 0.222. The Morgan fingerprint density at radius 3 is 2.79 bits per heavy atom. The molecule has 122 valence electrons. The number of aromatic nitrogens is 1. The lowest BCUT2D eigenvalue weighted by Gasteiger charge is -2.14. The van der Waals surface area contributed by atoms with Crippen LogP contribution in [0, 0.1) is 23.0 Å². The van der Waals surface area contributed by atoms with E-state index in [0.29, 0.717) is 5.69 Å². The number of hydrogen-bond acceptors (Lipinski definition) is 4. The van der Waals surface area contributed by atoms with Crippen molar-refractivity contribution < 1.29 is 13.5 Å². The van der Waals surface area contributed by atoms with E-state index in [1.54, 1.807) is 6.07 Å². The zero-order chi connectivity index (χ0) is 16.9. The second-order valence-electron chi connectivity index (χ2n) is 5.37. The monoisotopic (exact) mass is 327 g/mol. The van der Waals surface area contributed by atoms with E-state index < -0.39 is 11.6 Å². The fourth-order valence-electron chi connectivity index (χ4n) is 2.44. The number of rotatable bonds is 4. The summed E-state index contributed by atoms with van der Waals surface area (Å²) in [6.07, 6.45) is 2.82. The van der Waals surface area contributed by atoms with E-state index >= 15 is 0 Å². The highest BCUT2D eigenvalue weighted by Gasteiger charge is 2.13. The lowest BCUT2D eigenvalue weighted by molar-refractivity contribution is 0.272. The molecule has 1 aromatic carbocycles. The van der Waals surface area contributed by atoms with E-state index in [9.17, 15) is 8.78 Å². The molecule has 2 heterocycles. The Morgan fingerprint density at radius 1 is 1.21 bits per heavy atom. The van der Waals surface area contributed by atoms with Crippen molar-refractivity contribution in [3.05, 3.63) is 64.9 Å². The molecule has 24 heavy (non-hydrogen) atoms. The van der Waals surface area contributed by atoms with Gasteiger partial charge in [0.2, 0.25) is 0 Å². The van der Waals surface area contributed by atoms with Gasteiger partial charge in [0.15, 0.2) is 5.82 Å². The van der Waals surface area contributed by atoms with Crippen LogP contribution in [-0.4, -0.2) is 18.1 Å². The molecule has 0 radical (unpaired) electrons. The van der Waals surface area contributed by atoms with Crippen molar-refractivity contribution in [2.24, 2.45) is 0 Å². The first-order valence-electron chi connectivity index (χ1n) is 7.55. The zero-order valence-electron chi connectivity index (χ0n) is 12.9. The van der Waals surface area contributed by atoms with Gasteiger partial charge in [-0.05, 0) is 42.8 Å². The molecular weight excluding hydrogens is 312 g/mol. The molecule has 0 amide bonds. The van der Waals surface area contributed by atoms with Gasteiger partial charge in [-0.2, -0.15) is 5.26 Å². The molecular formula is C18H15F2N3O. The molecule has 0 bridgehead atoms. The minimum atomic E-state index is -0.595. The molecule has 1 N–H and O–H groups in total. The molecule has 0 fully saturated rings. The van der Waals surface area contributed by atoms with Gasteiger partial charge in [-0.1, -0.05) is 12.1 Å². The number of nitriles is 1. The second kappa shape index (κ2) is 7.20. The van der Waals surface area contributed by atoms with Crippen LogP contribution in [0.4, 0.5) is 8.78 Å². The predicted octanol–water partition coefficient (Wildman–Crippen LogP) is 3.19. The Balaban J connectivity index is 1.77. The van der Waals surface area contributed by atoms with Crippen molar-refractivity contribution in [2.75, 3.05) is 13.1 Å². The minimum absolute atomic E-state index is 0.157. The molecule has 0 unspecified atom stereocenters. The highest BCUT2D eigenvalue weighted by Crippen LogP contribution is 2.23. The molecule has 6 heteroatoms. The summed E-state index contributed by atoms with van der Waals surface area (Å²) in [4.78, 5) is 4.21. The minimum Gasteiger partial charge on any atom is -0.471 e. The van der Waals surface area contributed by atoms with Crippen molar-refractivity contribution in [2.45, 2.75) is 13.0 Å². The Morgan fingerprint density at radius 2 is 2.08 bits per heavy atom. The van der Waals surface area contributed by atoms with Gasteiger partial charge in [0.1, 0.15) is 12.4 Å². The van der Waals surface area contributed by atoms with Crippen LogP contribution < -0.4 is 10.1 Å². The van der Waals surface area contributed by atoms with Crippen molar-refractivity contribution in [1.82, 2.24) is 10.3 Å². The molecule has 0 atom stereocenters. The topological polar surface area (TPSA) is 57.9 Å². The van der Waals surface area contributed by atoms with E-state index in [4.69, 9.17) is 10.00 Å². The number of hydrogen-bond donors (Lipinski definition) is 1. The van der Waals surface area contributed by atoms with Crippen LogP contribution in [0.25, 0.3) is 5.57 Å². The Labute approximate surface area is 138 Å². The van der Waals surface area contributed by atoms with Gasteiger partial charge in [0, 0.05) is 12.1 Å². The summed E-state index contributed by atoms with van der Waals surface area (Å²) in [5.41, 5.74) is 2.15. The van der Waals surface area contributed by atoms with E-state index in [2.05, 4.69) is 10.3 Å². The Bertz CT molecular complexity index is 827. The van der Waals surface area contributed by atoms with Crippen LogP contribution in [0.5, 0.6) is 5.88 Å². The smallest absolute Gasteiger partial charge is 0.251 e. The highest BCUT2D eigenvalue weighted by molar-refractivity contribution is 5.64. The summed E-state index contributed by atoms with van der Waals surface area (Å²) in [5, 5.41) is 11.9. The molecule has 1 aliphatic rings. The van der Waals surface area contributed by atoms with Crippen LogP contribution in [0.1, 0.15) is 23.2 Å². The summed E-state index contributed by atoms with van der Waals surface area (Å²) in [5.74, 6) is -1.32. The Kier molecular flexibility index (Phi) is 4.82. The molecule has 0 aliphatic carbocycles. The van der Waals surface area contributed by atoms with Crippen LogP contribution in [0.15, 0.2) is 36.4 Å². The molecule has 0 spiro atoms. The molecule has 4 nitrogen and oxygen atoms in total. The molecule has 0 saturated carbocycles. The summed E-state index contributed by atoms with van der Waals surface area (Å²) < 4.78 is 33.1. The molecule has 3 rings (SSSR count). The van der Waals surface area contributed by atoms with E-state index in [0.717, 1.165) is 31.1 Å². The van der Waals surface area contributed by atoms with E-state index in [1.807, 2.05) is 12.1 Å². The average molecular weight is 327 g/mol. The van der Waals surface area contributed by atoms with Gasteiger partial charge in [-0.25, -0.2) is 13.8 Å². The first-order valence-corrected chi connectivity index (χ1v) is 7.55. The van der Waals surface area contributed by atoms with Crippen LogP contribution >= 0.6 is 0 Å². The number of ether oxygens (including phenoxy) is 1. The standard InChI is InChI=1S/C18H15F2N3O/c19-15-3-4-17(13-5-7-22-8-6-13)23-18(15)24-11-14-2-1-12(10-21)9-16(14)20/h1-5,9,22H,6-8,11H2. The lowest BCUT2D eigenvalue weighted by atomic mass is 10.1. The number of halogens is 2. The lowest BCUT2D eigenvalue weighted by Crippen LogP contribution is -2.20. The summed E-state index contributed by atoms with van der Waals surface area (Å²) in [6, 6.07) is 8.83. The van der Waals surface area contributed by atoms with Gasteiger partial charge < -0.3 is 10.1 Å². The van der Waals surface area contributed by atoms with Gasteiger partial charge in [-0.15, -0.1) is 0 Å². The third kappa shape index (κ3) is 3.58. The number of pyridine rings is 1. The van der Waals surface area contributed by atoms with Gasteiger partial charge >= 0.3 is 0 Å². The van der Waals surface area contributed by atoms with E-state index in [-0.39, 0.29) is 23.6 Å². The largest absolute Gasteiger partial charge is 0.471 e. The highest BCUT2D eigenvalue weighted by atomic mass is 19.1. The normalized spacial score (nSPS) is 14.0. The van der Waals surface area contributed by atoms with Crippen molar-refractivity contribution in [1.29, 1.82) is 5.26 Å². The first kappa shape index (κ1) is 16.1. The number of nitrogens with one attached hydrogen (secondary N) is 1. The van der Waals surface area contributed by atoms with Crippen molar-refractivity contribution >= 4 is 5.57 Å². The van der Waals surface area contributed by atoms with Crippen LogP contribution in [-0.2, 0) is 6.61 Å². The fourth-order valence-corrected chi connectivity index (χ4v) is 2.44. The molecule has 1 aromatic heterocycles. The predicted molar refractivity (Wildman–Crippen MR) is 85.1 cm³/mol. The van der Waals surface area contributed by atoms with Crippen molar-refractivity contribution in [3.63, 3.8) is 0 Å². The molecule has 0 saturated heterocycles. The van der Waals surface area contributed by atoms with Gasteiger partial charge in [0.25, 0.3) is 5.88 Å². The third-order valence-electron chi connectivity index (χ3n) is 3.75. The van der Waals surface area contributed by atoms with Crippen molar-refractivity contribution in [3.8, 4) is 11.9 Å². The van der Waals surface area contributed by atoms with Crippen LogP contribution in [0.3, 0.4) is 0 Å². The molecule has 2 aromatic rings. The molecule has 1 aliphatic heterocycles. The number of benzene rings is 1. The van der Waals surface area contributed by atoms with E-state index in [1.165, 1.54) is 18.2 Å².